The van der Waals surface area contributed by atoms with Crippen LogP contribution in [0.3, 0.4) is 0 Å². The molecule has 0 saturated heterocycles. The van der Waals surface area contributed by atoms with Crippen molar-refractivity contribution in [3.63, 3.8) is 0 Å². The first-order valence-electron chi connectivity index (χ1n) is 6.70. The maximum atomic E-state index is 12.1. The molecule has 0 aliphatic heterocycles. The van der Waals surface area contributed by atoms with E-state index < -0.39 is 0 Å². The van der Waals surface area contributed by atoms with Crippen LogP contribution in [0.4, 0.5) is 5.69 Å². The van der Waals surface area contributed by atoms with Gasteiger partial charge >= 0.3 is 5.97 Å². The van der Waals surface area contributed by atoms with E-state index in [1.54, 1.807) is 16.8 Å². The maximum Gasteiger partial charge on any atom is 0.355 e. The van der Waals surface area contributed by atoms with E-state index in [-0.39, 0.29) is 12.6 Å². The minimum Gasteiger partial charge on any atom is -0.456 e. The summed E-state index contributed by atoms with van der Waals surface area (Å²) in [6, 6.07) is 7.68. The van der Waals surface area contributed by atoms with Gasteiger partial charge in [0.15, 0.2) is 0 Å². The van der Waals surface area contributed by atoms with Gasteiger partial charge in [-0.2, -0.15) is 0 Å². The minimum atomic E-state index is -0.341. The predicted octanol–water partition coefficient (Wildman–Crippen LogP) is 3.06. The number of esters is 1. The third kappa shape index (κ3) is 2.85. The molecule has 0 saturated carbocycles. The van der Waals surface area contributed by atoms with Crippen molar-refractivity contribution in [2.75, 3.05) is 5.73 Å². The molecule has 0 fully saturated rings. The van der Waals surface area contributed by atoms with Crippen molar-refractivity contribution in [2.24, 2.45) is 0 Å². The molecule has 0 spiro atoms. The van der Waals surface area contributed by atoms with Crippen LogP contribution >= 0.6 is 0 Å². The van der Waals surface area contributed by atoms with E-state index in [0.717, 1.165) is 16.7 Å². The molecule has 106 valence electrons. The molecular formula is C16H20N2O2. The Labute approximate surface area is 119 Å². The van der Waals surface area contributed by atoms with Crippen molar-refractivity contribution >= 4 is 11.7 Å². The van der Waals surface area contributed by atoms with Gasteiger partial charge in [-0.3, -0.25) is 0 Å². The number of aryl methyl sites for hydroxylation is 3. The second-order valence-corrected chi connectivity index (χ2v) is 4.89. The molecule has 1 aromatic heterocycles. The van der Waals surface area contributed by atoms with Gasteiger partial charge < -0.3 is 15.0 Å². The second-order valence-electron chi connectivity index (χ2n) is 4.89. The molecule has 2 aromatic rings. The van der Waals surface area contributed by atoms with Crippen molar-refractivity contribution in [1.82, 2.24) is 4.57 Å². The third-order valence-electron chi connectivity index (χ3n) is 3.46. The minimum absolute atomic E-state index is 0.284. The number of nitrogen functional groups attached to an aromatic ring is 1. The zero-order valence-corrected chi connectivity index (χ0v) is 12.1. The van der Waals surface area contributed by atoms with Crippen LogP contribution in [0, 0.1) is 13.8 Å². The molecule has 0 bridgehead atoms. The molecule has 0 radical (unpaired) electrons. The smallest absolute Gasteiger partial charge is 0.355 e. The number of benzene rings is 1. The molecule has 2 rings (SSSR count). The Bertz CT molecular complexity index is 609. The lowest BCUT2D eigenvalue weighted by Crippen LogP contribution is -2.12. The second kappa shape index (κ2) is 5.82. The van der Waals surface area contributed by atoms with Gasteiger partial charge in [-0.05, 0) is 43.5 Å². The Morgan fingerprint density at radius 1 is 1.30 bits per heavy atom. The zero-order chi connectivity index (χ0) is 14.7. The van der Waals surface area contributed by atoms with Crippen LogP contribution in [-0.4, -0.2) is 10.5 Å². The highest BCUT2D eigenvalue weighted by atomic mass is 16.5. The number of hydrogen-bond acceptors (Lipinski definition) is 3. The van der Waals surface area contributed by atoms with Crippen LogP contribution in [0.2, 0.25) is 0 Å². The van der Waals surface area contributed by atoms with Crippen molar-refractivity contribution in [1.29, 1.82) is 0 Å². The number of nitrogens with two attached hydrogens (primary N) is 1. The molecule has 2 N–H and O–H groups in total. The van der Waals surface area contributed by atoms with Gasteiger partial charge in [0.1, 0.15) is 12.3 Å². The van der Waals surface area contributed by atoms with Crippen LogP contribution in [0.15, 0.2) is 30.5 Å². The maximum absolute atomic E-state index is 12.1. The number of hydrogen-bond donors (Lipinski definition) is 1. The quantitative estimate of drug-likeness (QED) is 0.870. The lowest BCUT2D eigenvalue weighted by atomic mass is 10.0. The molecule has 1 heterocycles. The molecule has 0 aliphatic carbocycles. The summed E-state index contributed by atoms with van der Waals surface area (Å²) in [5.41, 5.74) is 10.1. The van der Waals surface area contributed by atoms with Crippen molar-refractivity contribution in [2.45, 2.75) is 33.9 Å². The van der Waals surface area contributed by atoms with E-state index in [2.05, 4.69) is 0 Å². The Kier molecular flexibility index (Phi) is 4.13. The Morgan fingerprint density at radius 3 is 2.55 bits per heavy atom. The first-order chi connectivity index (χ1) is 9.52. The number of nitrogens with zero attached hydrogens (tertiary/aromatic N) is 1. The Balaban J connectivity index is 2.13. The SMILES string of the molecule is CCn1cc(N)cc1C(=O)OCc1c(C)cccc1C. The highest BCUT2D eigenvalue weighted by Gasteiger charge is 2.14. The van der Waals surface area contributed by atoms with Crippen molar-refractivity contribution in [3.05, 3.63) is 52.8 Å². The summed E-state index contributed by atoms with van der Waals surface area (Å²) in [6.45, 7) is 6.96. The zero-order valence-electron chi connectivity index (χ0n) is 12.1. The number of aromatic nitrogens is 1. The molecule has 4 nitrogen and oxygen atoms in total. The van der Waals surface area contributed by atoms with Gasteiger partial charge in [-0.25, -0.2) is 4.79 Å². The van der Waals surface area contributed by atoms with E-state index in [9.17, 15) is 4.79 Å². The topological polar surface area (TPSA) is 57.2 Å². The molecule has 4 heteroatoms. The van der Waals surface area contributed by atoms with Crippen LogP contribution in [-0.2, 0) is 17.9 Å². The van der Waals surface area contributed by atoms with E-state index in [1.807, 2.05) is 39.0 Å². The van der Waals surface area contributed by atoms with E-state index in [1.165, 1.54) is 0 Å². The summed E-state index contributed by atoms with van der Waals surface area (Å²) in [6.07, 6.45) is 1.75. The molecule has 0 atom stereocenters. The van der Waals surface area contributed by atoms with Gasteiger partial charge in [-0.15, -0.1) is 0 Å². The summed E-state index contributed by atoms with van der Waals surface area (Å²) in [7, 11) is 0. The summed E-state index contributed by atoms with van der Waals surface area (Å²) < 4.78 is 7.21. The number of carbonyl (C=O) groups is 1. The number of anilines is 1. The molecule has 0 amide bonds. The standard InChI is InChI=1S/C16H20N2O2/c1-4-18-9-13(17)8-15(18)16(19)20-10-14-11(2)6-5-7-12(14)3/h5-9H,4,10,17H2,1-3H3. The van der Waals surface area contributed by atoms with Gasteiger partial charge in [0.05, 0.1) is 5.69 Å². The third-order valence-corrected chi connectivity index (χ3v) is 3.46. The van der Waals surface area contributed by atoms with Crippen molar-refractivity contribution < 1.29 is 9.53 Å². The number of carbonyl (C=O) groups excluding carboxylic acids is 1. The number of rotatable bonds is 4. The Morgan fingerprint density at radius 2 is 1.95 bits per heavy atom. The van der Waals surface area contributed by atoms with Crippen LogP contribution in [0.5, 0.6) is 0 Å². The summed E-state index contributed by atoms with van der Waals surface area (Å²) >= 11 is 0. The highest BCUT2D eigenvalue weighted by Crippen LogP contribution is 2.17. The fourth-order valence-electron chi connectivity index (χ4n) is 2.25. The van der Waals surface area contributed by atoms with Crippen molar-refractivity contribution in [3.8, 4) is 0 Å². The van der Waals surface area contributed by atoms with E-state index in [0.29, 0.717) is 17.9 Å². The summed E-state index contributed by atoms with van der Waals surface area (Å²) in [5.74, 6) is -0.341. The fourth-order valence-corrected chi connectivity index (χ4v) is 2.25. The highest BCUT2D eigenvalue weighted by molar-refractivity contribution is 5.89. The van der Waals surface area contributed by atoms with Gasteiger partial charge in [0, 0.05) is 12.7 Å². The lowest BCUT2D eigenvalue weighted by Gasteiger charge is -2.11. The van der Waals surface area contributed by atoms with Gasteiger partial charge in [-0.1, -0.05) is 18.2 Å². The summed E-state index contributed by atoms with van der Waals surface area (Å²) in [4.78, 5) is 12.1. The molecule has 1 aromatic carbocycles. The van der Waals surface area contributed by atoms with Crippen LogP contribution in [0.1, 0.15) is 34.1 Å². The number of ether oxygens (including phenoxy) is 1. The first-order valence-corrected chi connectivity index (χ1v) is 6.70. The van der Waals surface area contributed by atoms with Crippen LogP contribution < -0.4 is 5.73 Å². The molecular weight excluding hydrogens is 252 g/mol. The Hall–Kier alpha value is -2.23. The average Bonchev–Trinajstić information content (AvgIpc) is 2.79. The normalized spacial score (nSPS) is 10.6. The summed E-state index contributed by atoms with van der Waals surface area (Å²) in [5, 5.41) is 0. The van der Waals surface area contributed by atoms with Crippen LogP contribution in [0.25, 0.3) is 0 Å². The lowest BCUT2D eigenvalue weighted by molar-refractivity contribution is 0.0459. The van der Waals surface area contributed by atoms with Gasteiger partial charge in [0.2, 0.25) is 0 Å². The predicted molar refractivity (Wildman–Crippen MR) is 79.6 cm³/mol. The molecule has 0 aliphatic rings. The van der Waals surface area contributed by atoms with E-state index >= 15 is 0 Å². The van der Waals surface area contributed by atoms with Gasteiger partial charge in [0.25, 0.3) is 0 Å². The average molecular weight is 272 g/mol. The first kappa shape index (κ1) is 14.2. The van der Waals surface area contributed by atoms with E-state index in [4.69, 9.17) is 10.5 Å². The largest absolute Gasteiger partial charge is 0.456 e. The molecule has 0 unspecified atom stereocenters. The fraction of sp³-hybridized carbons (Fsp3) is 0.312. The monoisotopic (exact) mass is 272 g/mol. The molecule has 20 heavy (non-hydrogen) atoms.